The number of ether oxygens (including phenoxy) is 1. The van der Waals surface area contributed by atoms with Gasteiger partial charge in [-0.2, -0.15) is 0 Å². The average molecular weight is 372 g/mol. The molecule has 0 aromatic heterocycles. The van der Waals surface area contributed by atoms with Gasteiger partial charge in [0, 0.05) is 17.3 Å². The monoisotopic (exact) mass is 371 g/mol. The van der Waals surface area contributed by atoms with E-state index >= 15 is 0 Å². The molecule has 3 rings (SSSR count). The molecule has 1 saturated heterocycles. The van der Waals surface area contributed by atoms with E-state index in [1.165, 1.54) is 19.4 Å². The number of hydrogen-bond donors (Lipinski definition) is 1. The number of aliphatic imine (C=N–C) groups is 1. The molecule has 4 amide bonds. The van der Waals surface area contributed by atoms with Crippen LogP contribution in [0.2, 0.25) is 5.02 Å². The van der Waals surface area contributed by atoms with Crippen LogP contribution in [-0.2, 0) is 9.59 Å². The lowest BCUT2D eigenvalue weighted by atomic mass is 10.1. The van der Waals surface area contributed by atoms with E-state index in [1.807, 2.05) is 0 Å². The topological polar surface area (TPSA) is 88.1 Å². The van der Waals surface area contributed by atoms with Crippen LogP contribution in [-0.4, -0.2) is 31.2 Å². The standard InChI is InChI=1S/C18H14ClN3O4/c1-26-14-4-2-3-13(9-14)22-17(24)15(16(23)21-18(22)25)10-20-12-7-5-11(19)6-8-12/h2-10,15H,1H3,(H,21,23,25)/t15-/m0/s1. The van der Waals surface area contributed by atoms with E-state index in [0.717, 1.165) is 4.90 Å². The van der Waals surface area contributed by atoms with Crippen LogP contribution < -0.4 is 15.0 Å². The number of imide groups is 2. The SMILES string of the molecule is COc1cccc(N2C(=O)NC(=O)[C@H](C=Nc3ccc(Cl)cc3)C2=O)c1. The van der Waals surface area contributed by atoms with Crippen LogP contribution in [0.5, 0.6) is 5.75 Å². The van der Waals surface area contributed by atoms with Crippen molar-refractivity contribution in [2.24, 2.45) is 10.9 Å². The number of anilines is 1. The molecule has 1 N–H and O–H groups in total. The number of nitrogens with one attached hydrogen (secondary N) is 1. The Kier molecular flexibility index (Phi) is 4.99. The van der Waals surface area contributed by atoms with Crippen molar-refractivity contribution < 1.29 is 19.1 Å². The molecule has 1 aliphatic heterocycles. The highest BCUT2D eigenvalue weighted by Gasteiger charge is 2.40. The number of barbiturate groups is 1. The predicted molar refractivity (Wildman–Crippen MR) is 97.1 cm³/mol. The third-order valence-corrected chi connectivity index (χ3v) is 3.96. The van der Waals surface area contributed by atoms with Crippen molar-refractivity contribution in [3.05, 3.63) is 53.6 Å². The fourth-order valence-corrected chi connectivity index (χ4v) is 2.53. The summed E-state index contributed by atoms with van der Waals surface area (Å²) < 4.78 is 5.11. The van der Waals surface area contributed by atoms with Gasteiger partial charge < -0.3 is 4.74 Å². The summed E-state index contributed by atoms with van der Waals surface area (Å²) in [6, 6.07) is 12.2. The Morgan fingerprint density at radius 1 is 1.15 bits per heavy atom. The number of benzene rings is 2. The molecule has 1 heterocycles. The van der Waals surface area contributed by atoms with Crippen molar-refractivity contribution in [3.8, 4) is 5.75 Å². The van der Waals surface area contributed by atoms with Crippen molar-refractivity contribution in [2.45, 2.75) is 0 Å². The predicted octanol–water partition coefficient (Wildman–Crippen LogP) is 2.95. The van der Waals surface area contributed by atoms with E-state index in [1.54, 1.807) is 42.5 Å². The first-order valence-electron chi connectivity index (χ1n) is 7.62. The van der Waals surface area contributed by atoms with Crippen molar-refractivity contribution in [2.75, 3.05) is 12.0 Å². The molecule has 0 bridgehead atoms. The lowest BCUT2D eigenvalue weighted by molar-refractivity contribution is -0.131. The third-order valence-electron chi connectivity index (χ3n) is 3.71. The van der Waals surface area contributed by atoms with E-state index < -0.39 is 23.8 Å². The van der Waals surface area contributed by atoms with Gasteiger partial charge >= 0.3 is 6.03 Å². The van der Waals surface area contributed by atoms with Gasteiger partial charge in [-0.05, 0) is 36.4 Å². The van der Waals surface area contributed by atoms with Gasteiger partial charge in [0.1, 0.15) is 5.75 Å². The summed E-state index contributed by atoms with van der Waals surface area (Å²) in [7, 11) is 1.47. The molecule has 0 spiro atoms. The summed E-state index contributed by atoms with van der Waals surface area (Å²) in [5.74, 6) is -2.16. The molecule has 132 valence electrons. The van der Waals surface area contributed by atoms with E-state index in [0.29, 0.717) is 22.1 Å². The number of urea groups is 1. The molecular weight excluding hydrogens is 358 g/mol. The second kappa shape index (κ2) is 7.37. The number of nitrogens with zero attached hydrogens (tertiary/aromatic N) is 2. The molecule has 1 aliphatic rings. The van der Waals surface area contributed by atoms with Crippen LogP contribution in [0.1, 0.15) is 0 Å². The number of rotatable bonds is 4. The number of carbonyl (C=O) groups excluding carboxylic acids is 3. The summed E-state index contributed by atoms with van der Waals surface area (Å²) in [5, 5.41) is 2.71. The van der Waals surface area contributed by atoms with Crippen molar-refractivity contribution in [3.63, 3.8) is 0 Å². The van der Waals surface area contributed by atoms with E-state index in [2.05, 4.69) is 10.3 Å². The van der Waals surface area contributed by atoms with Gasteiger partial charge in [-0.15, -0.1) is 0 Å². The molecule has 0 unspecified atom stereocenters. The van der Waals surface area contributed by atoms with E-state index in [9.17, 15) is 14.4 Å². The fraction of sp³-hybridized carbons (Fsp3) is 0.111. The highest BCUT2D eigenvalue weighted by Crippen LogP contribution is 2.25. The molecule has 7 nitrogen and oxygen atoms in total. The van der Waals surface area contributed by atoms with Crippen LogP contribution in [0.25, 0.3) is 0 Å². The lowest BCUT2D eigenvalue weighted by Crippen LogP contribution is -2.58. The van der Waals surface area contributed by atoms with Gasteiger partial charge in [0.05, 0.1) is 18.5 Å². The van der Waals surface area contributed by atoms with Crippen molar-refractivity contribution in [1.82, 2.24) is 5.32 Å². The van der Waals surface area contributed by atoms with Crippen LogP contribution in [0, 0.1) is 5.92 Å². The summed E-state index contributed by atoms with van der Waals surface area (Å²) in [6.07, 6.45) is 1.21. The first-order valence-corrected chi connectivity index (χ1v) is 8.00. The Bertz CT molecular complexity index is 896. The Balaban J connectivity index is 1.88. The maximum Gasteiger partial charge on any atom is 0.335 e. The fourth-order valence-electron chi connectivity index (χ4n) is 2.40. The second-order valence-electron chi connectivity index (χ2n) is 5.40. The van der Waals surface area contributed by atoms with Crippen molar-refractivity contribution >= 4 is 47.0 Å². The van der Waals surface area contributed by atoms with Crippen LogP contribution >= 0.6 is 11.6 Å². The summed E-state index contributed by atoms with van der Waals surface area (Å²) in [6.45, 7) is 0. The lowest BCUT2D eigenvalue weighted by Gasteiger charge is -2.28. The zero-order valence-electron chi connectivity index (χ0n) is 13.7. The first kappa shape index (κ1) is 17.6. The number of methoxy groups -OCH3 is 1. The summed E-state index contributed by atoms with van der Waals surface area (Å²) in [4.78, 5) is 42.0. The zero-order valence-corrected chi connectivity index (χ0v) is 14.4. The highest BCUT2D eigenvalue weighted by molar-refractivity contribution is 6.32. The molecule has 1 atom stereocenters. The molecule has 0 saturated carbocycles. The zero-order chi connectivity index (χ0) is 18.7. The number of carbonyl (C=O) groups is 3. The highest BCUT2D eigenvalue weighted by atomic mass is 35.5. The van der Waals surface area contributed by atoms with Crippen LogP contribution in [0.4, 0.5) is 16.2 Å². The molecule has 26 heavy (non-hydrogen) atoms. The maximum atomic E-state index is 12.7. The number of halogens is 1. The van der Waals surface area contributed by atoms with E-state index in [-0.39, 0.29) is 0 Å². The Morgan fingerprint density at radius 3 is 2.58 bits per heavy atom. The van der Waals surface area contributed by atoms with Crippen LogP contribution in [0.15, 0.2) is 53.5 Å². The molecule has 1 fully saturated rings. The van der Waals surface area contributed by atoms with Crippen molar-refractivity contribution in [1.29, 1.82) is 0 Å². The van der Waals surface area contributed by atoms with Gasteiger partial charge in [0.15, 0.2) is 5.92 Å². The minimum atomic E-state index is -1.23. The smallest absolute Gasteiger partial charge is 0.335 e. The molecular formula is C18H14ClN3O4. The summed E-state index contributed by atoms with van der Waals surface area (Å²) in [5.41, 5.74) is 0.823. The van der Waals surface area contributed by atoms with Gasteiger partial charge in [-0.25, -0.2) is 9.69 Å². The summed E-state index contributed by atoms with van der Waals surface area (Å²) >= 11 is 5.81. The molecule has 0 radical (unpaired) electrons. The molecule has 0 aliphatic carbocycles. The quantitative estimate of drug-likeness (QED) is 0.661. The molecule has 2 aromatic rings. The maximum absolute atomic E-state index is 12.7. The first-order chi connectivity index (χ1) is 12.5. The van der Waals surface area contributed by atoms with Crippen LogP contribution in [0.3, 0.4) is 0 Å². The largest absolute Gasteiger partial charge is 0.497 e. The number of amides is 4. The Morgan fingerprint density at radius 2 is 1.88 bits per heavy atom. The van der Waals surface area contributed by atoms with Gasteiger partial charge in [-0.1, -0.05) is 17.7 Å². The molecule has 8 heteroatoms. The second-order valence-corrected chi connectivity index (χ2v) is 5.84. The third kappa shape index (κ3) is 3.57. The average Bonchev–Trinajstić information content (AvgIpc) is 2.63. The minimum absolute atomic E-state index is 0.296. The Labute approximate surface area is 154 Å². The Hall–Kier alpha value is -3.19. The van der Waals surface area contributed by atoms with E-state index in [4.69, 9.17) is 16.3 Å². The van der Waals surface area contributed by atoms with Gasteiger partial charge in [0.25, 0.3) is 5.91 Å². The number of hydrogen-bond acceptors (Lipinski definition) is 5. The normalized spacial score (nSPS) is 17.5. The van der Waals surface area contributed by atoms with Gasteiger partial charge in [-0.3, -0.25) is 19.9 Å². The van der Waals surface area contributed by atoms with Gasteiger partial charge in [0.2, 0.25) is 5.91 Å². The molecule has 2 aromatic carbocycles. The minimum Gasteiger partial charge on any atom is -0.497 e.